The van der Waals surface area contributed by atoms with Crippen molar-refractivity contribution < 1.29 is 89.2 Å². The van der Waals surface area contributed by atoms with Crippen LogP contribution in [0.5, 0.6) is 11.5 Å². The molecule has 0 aliphatic carbocycles. The van der Waals surface area contributed by atoms with Gasteiger partial charge < -0.3 is 18.9 Å². The van der Waals surface area contributed by atoms with Crippen molar-refractivity contribution in [1.29, 1.82) is 0 Å². The van der Waals surface area contributed by atoms with E-state index >= 15 is 17.6 Å². The Morgan fingerprint density at radius 3 is 0.925 bits per heavy atom. The lowest BCUT2D eigenvalue weighted by Gasteiger charge is -2.46. The molecule has 0 atom stereocenters. The smallest absolute Gasteiger partial charge is 0.208 e. The molecule has 0 aliphatic heterocycles. The number of ether oxygens (including phenoxy) is 4. The Balaban J connectivity index is 0.000000238. The maximum absolute atomic E-state index is 15.8. The van der Waals surface area contributed by atoms with Gasteiger partial charge in [-0.2, -0.15) is 0 Å². The van der Waals surface area contributed by atoms with Crippen molar-refractivity contribution in [3.05, 3.63) is 228 Å². The average molecular weight is 1230 g/mol. The molecule has 0 aromatic heterocycles. The number of hydrogen-bond acceptors (Lipinski definition) is 4. The predicted molar refractivity (Wildman–Crippen MR) is 270 cm³/mol. The molecular formula is C54H31BCl4F16O4S. The zero-order valence-corrected chi connectivity index (χ0v) is 43.7. The van der Waals surface area contributed by atoms with Crippen LogP contribution in [-0.2, 0) is 20.4 Å². The molecule has 0 unspecified atom stereocenters. The van der Waals surface area contributed by atoms with Crippen LogP contribution in [0.3, 0.4) is 0 Å². The molecule has 8 aromatic carbocycles. The number of para-hydroxylation sites is 2. The summed E-state index contributed by atoms with van der Waals surface area (Å²) >= 11 is 22.3. The van der Waals surface area contributed by atoms with Crippen molar-refractivity contribution in [2.75, 3.05) is 39.6 Å². The summed E-state index contributed by atoms with van der Waals surface area (Å²) in [5, 5.41) is -9.69. The monoisotopic (exact) mass is 1230 g/mol. The van der Waals surface area contributed by atoms with Crippen LogP contribution in [0, 0.1) is 93.1 Å². The minimum Gasteiger partial charge on any atom is -0.491 e. The molecule has 0 spiro atoms. The molecule has 0 aliphatic rings. The van der Waals surface area contributed by atoms with E-state index in [9.17, 15) is 52.7 Å². The van der Waals surface area contributed by atoms with E-state index in [0.717, 1.165) is 11.5 Å². The maximum Gasteiger partial charge on any atom is 0.208 e. The van der Waals surface area contributed by atoms with Gasteiger partial charge in [-0.15, -0.1) is 21.9 Å². The lowest BCUT2D eigenvalue weighted by atomic mass is 9.12. The third-order valence-electron chi connectivity index (χ3n) is 11.8. The molecular weight excluding hydrogens is 1200 g/mol. The number of rotatable bonds is 18. The van der Waals surface area contributed by atoms with Crippen molar-refractivity contribution in [2.45, 2.75) is 14.7 Å². The van der Waals surface area contributed by atoms with Crippen molar-refractivity contribution in [3.8, 4) is 11.5 Å². The summed E-state index contributed by atoms with van der Waals surface area (Å²) in [5.74, 6) is -46.6. The quantitative estimate of drug-likeness (QED) is 0.0214. The largest absolute Gasteiger partial charge is 0.491 e. The summed E-state index contributed by atoms with van der Waals surface area (Å²) in [6.07, 6.45) is -6.24. The molecule has 0 amide bonds. The molecule has 8 rings (SSSR count). The first kappa shape index (κ1) is 61.4. The highest BCUT2D eigenvalue weighted by molar-refractivity contribution is 7.97. The second-order valence-electron chi connectivity index (χ2n) is 16.4. The van der Waals surface area contributed by atoms with Crippen molar-refractivity contribution in [3.63, 3.8) is 0 Å². The Hall–Kier alpha value is -6.27. The molecule has 0 saturated carbocycles. The van der Waals surface area contributed by atoms with Crippen LogP contribution in [0.2, 0.25) is 20.1 Å². The molecule has 0 fully saturated rings. The Morgan fingerprint density at radius 1 is 0.300 bits per heavy atom. The van der Waals surface area contributed by atoms with E-state index in [2.05, 4.69) is 72.8 Å². The average Bonchev–Trinajstić information content (AvgIpc) is 3.47. The van der Waals surface area contributed by atoms with E-state index in [-0.39, 0.29) is 10.9 Å². The molecule has 420 valence electrons. The lowest BCUT2D eigenvalue weighted by molar-refractivity contribution is 0.0271. The normalized spacial score (nSPS) is 11.5. The first-order valence-corrected chi connectivity index (χ1v) is 25.5. The van der Waals surface area contributed by atoms with Gasteiger partial charge in [0.25, 0.3) is 0 Å². The van der Waals surface area contributed by atoms with Gasteiger partial charge in [0.05, 0.1) is 26.4 Å². The van der Waals surface area contributed by atoms with E-state index in [1.165, 1.54) is 14.7 Å². The lowest BCUT2D eigenvalue weighted by Crippen LogP contribution is -2.79. The van der Waals surface area contributed by atoms with Gasteiger partial charge in [0, 0.05) is 20.1 Å². The van der Waals surface area contributed by atoms with Gasteiger partial charge in [-0.05, 0) is 48.5 Å². The van der Waals surface area contributed by atoms with E-state index in [1.807, 2.05) is 42.5 Å². The predicted octanol–water partition coefficient (Wildman–Crippen LogP) is 14.2. The van der Waals surface area contributed by atoms with Gasteiger partial charge >= 0.3 is 0 Å². The van der Waals surface area contributed by atoms with Crippen LogP contribution in [0.25, 0.3) is 0 Å². The number of hydrogen-bond donors (Lipinski definition) is 0. The molecule has 8 aromatic rings. The van der Waals surface area contributed by atoms with E-state index < -0.39 is 141 Å². The van der Waals surface area contributed by atoms with Gasteiger partial charge in [0.15, 0.2) is 85.3 Å². The molecule has 0 N–H and O–H groups in total. The molecule has 0 bridgehead atoms. The number of halogens is 20. The second kappa shape index (κ2) is 26.5. The molecule has 0 heterocycles. The summed E-state index contributed by atoms with van der Waals surface area (Å²) in [7, 11) is -0.251. The van der Waals surface area contributed by atoms with Crippen LogP contribution in [0.1, 0.15) is 0 Å². The minimum absolute atomic E-state index is 0.251. The SMILES string of the molecule is Fc1c(F)c(F)c([B-](c2c(F)c(F)c(F)c(F)c2Cl)(c2c(F)c(F)c(F)c(F)c2Cl)c2c(F)c(F)c(F)c(F)c2Cl)c(Cl)c1F.c1ccc(OCCOCCOCCOc2ccccc2[S+](c2ccccc2)c2ccccc2)cc1. The first-order valence-electron chi connectivity index (χ1n) is 22.7. The summed E-state index contributed by atoms with van der Waals surface area (Å²) in [6.45, 7) is 3.09. The van der Waals surface area contributed by atoms with Crippen LogP contribution in [0.15, 0.2) is 130 Å². The zero-order valence-electron chi connectivity index (χ0n) is 39.9. The summed E-state index contributed by atoms with van der Waals surface area (Å²) in [5.41, 5.74) is -10.7. The fourth-order valence-electron chi connectivity index (χ4n) is 8.38. The van der Waals surface area contributed by atoms with Gasteiger partial charge in [-0.25, -0.2) is 70.2 Å². The van der Waals surface area contributed by atoms with Crippen molar-refractivity contribution >= 4 is 85.3 Å². The topological polar surface area (TPSA) is 36.9 Å². The Morgan fingerprint density at radius 2 is 0.575 bits per heavy atom. The Bertz CT molecular complexity index is 3120. The van der Waals surface area contributed by atoms with E-state index in [1.54, 1.807) is 0 Å². The molecule has 4 nitrogen and oxygen atoms in total. The van der Waals surface area contributed by atoms with Crippen molar-refractivity contribution in [1.82, 2.24) is 0 Å². The third kappa shape index (κ3) is 11.9. The van der Waals surface area contributed by atoms with Crippen LogP contribution in [-0.4, -0.2) is 45.8 Å². The standard InChI is InChI=1S/C30H31O4S.C24BCl4F16/c1-4-12-26(13-5-1)33-24-22-31-20-21-32-23-25-34-29-18-10-11-19-30(29)35(27-14-6-2-7-15-27)28-16-8-3-9-17-28;26-5-1(9(30)17(38)21(42)13(5)34)25(2-6(27)14(35)22(43)18(39)10(2)31,3-7(28)15(36)23(44)19(40)11(3)32)4-8(29)16(37)24(45)20(41)12(4)33/h1-19H,20-25H2;/q+1;-1. The van der Waals surface area contributed by atoms with Crippen molar-refractivity contribution in [2.24, 2.45) is 0 Å². The fraction of sp³-hybridized carbons (Fsp3) is 0.111. The molecule has 0 saturated heterocycles. The van der Waals surface area contributed by atoms with E-state index in [0.29, 0.717) is 39.6 Å². The van der Waals surface area contributed by atoms with Crippen LogP contribution in [0.4, 0.5) is 70.2 Å². The first-order chi connectivity index (χ1) is 38.1. The summed E-state index contributed by atoms with van der Waals surface area (Å²) in [4.78, 5) is 3.70. The molecule has 80 heavy (non-hydrogen) atoms. The van der Waals surface area contributed by atoms with Gasteiger partial charge in [0.2, 0.25) is 4.90 Å². The van der Waals surface area contributed by atoms with Crippen LogP contribution >= 0.6 is 46.4 Å². The molecule has 26 heteroatoms. The minimum atomic E-state index is -6.24. The highest BCUT2D eigenvalue weighted by Gasteiger charge is 2.51. The van der Waals surface area contributed by atoms with Crippen LogP contribution < -0.4 is 31.3 Å². The second-order valence-corrected chi connectivity index (χ2v) is 19.9. The Labute approximate surface area is 466 Å². The fourth-order valence-corrected chi connectivity index (χ4v) is 11.9. The third-order valence-corrected chi connectivity index (χ3v) is 15.6. The van der Waals surface area contributed by atoms with E-state index in [4.69, 9.17) is 65.4 Å². The Kier molecular flexibility index (Phi) is 20.4. The molecule has 0 radical (unpaired) electrons. The zero-order chi connectivity index (χ0) is 58.3. The maximum atomic E-state index is 15.8. The van der Waals surface area contributed by atoms with Gasteiger partial charge in [-0.3, -0.25) is 0 Å². The highest BCUT2D eigenvalue weighted by Crippen LogP contribution is 2.38. The summed E-state index contributed by atoms with van der Waals surface area (Å²) < 4.78 is 261. The summed E-state index contributed by atoms with van der Waals surface area (Å²) in [6, 6.07) is 39.2. The van der Waals surface area contributed by atoms with Gasteiger partial charge in [-0.1, -0.05) is 113 Å². The highest BCUT2D eigenvalue weighted by atomic mass is 35.5. The van der Waals surface area contributed by atoms with Gasteiger partial charge in [0.1, 0.15) is 59.3 Å². The number of benzene rings is 8.